The van der Waals surface area contributed by atoms with Gasteiger partial charge in [-0.05, 0) is 31.7 Å². The number of alkyl halides is 3. The van der Waals surface area contributed by atoms with Gasteiger partial charge in [0.15, 0.2) is 0 Å². The SMILES string of the molecule is CNC(c1ccccc1C(F)(F)F)c1cc(C)nn1C. The Morgan fingerprint density at radius 1 is 1.25 bits per heavy atom. The van der Waals surface area contributed by atoms with Crippen molar-refractivity contribution in [3.63, 3.8) is 0 Å². The molecule has 2 rings (SSSR count). The second-order valence-corrected chi connectivity index (χ2v) is 4.64. The van der Waals surface area contributed by atoms with Crippen LogP contribution in [0.4, 0.5) is 13.2 Å². The van der Waals surface area contributed by atoms with Gasteiger partial charge in [0.2, 0.25) is 0 Å². The van der Waals surface area contributed by atoms with Crippen LogP contribution in [0.2, 0.25) is 0 Å². The van der Waals surface area contributed by atoms with Gasteiger partial charge in [0.1, 0.15) is 0 Å². The largest absolute Gasteiger partial charge is 0.416 e. The Morgan fingerprint density at radius 2 is 1.90 bits per heavy atom. The summed E-state index contributed by atoms with van der Waals surface area (Å²) in [6.45, 7) is 1.81. The van der Waals surface area contributed by atoms with Gasteiger partial charge >= 0.3 is 6.18 Å². The van der Waals surface area contributed by atoms with Crippen LogP contribution in [0.25, 0.3) is 0 Å². The van der Waals surface area contributed by atoms with E-state index in [1.54, 1.807) is 30.9 Å². The first-order chi connectivity index (χ1) is 9.34. The summed E-state index contributed by atoms with van der Waals surface area (Å²) in [5, 5.41) is 7.13. The predicted octanol–water partition coefficient (Wildman–Crippen LogP) is 3.06. The zero-order valence-electron chi connectivity index (χ0n) is 11.5. The summed E-state index contributed by atoms with van der Waals surface area (Å²) in [5.41, 5.74) is 1.04. The normalized spacial score (nSPS) is 13.5. The lowest BCUT2D eigenvalue weighted by atomic mass is 9.97. The molecule has 1 aromatic heterocycles. The first kappa shape index (κ1) is 14.6. The molecule has 3 nitrogen and oxygen atoms in total. The highest BCUT2D eigenvalue weighted by Gasteiger charge is 2.35. The molecule has 0 saturated carbocycles. The molecule has 1 atom stereocenters. The fraction of sp³-hybridized carbons (Fsp3) is 0.357. The maximum Gasteiger partial charge on any atom is 0.416 e. The van der Waals surface area contributed by atoms with Gasteiger partial charge in [0.05, 0.1) is 23.0 Å². The van der Waals surface area contributed by atoms with Gasteiger partial charge in [0, 0.05) is 7.05 Å². The van der Waals surface area contributed by atoms with Crippen LogP contribution in [0.3, 0.4) is 0 Å². The van der Waals surface area contributed by atoms with Crippen molar-refractivity contribution in [2.75, 3.05) is 7.05 Å². The van der Waals surface area contributed by atoms with E-state index in [1.807, 2.05) is 6.92 Å². The van der Waals surface area contributed by atoms with Gasteiger partial charge in [-0.3, -0.25) is 4.68 Å². The lowest BCUT2D eigenvalue weighted by Gasteiger charge is -2.21. The van der Waals surface area contributed by atoms with Crippen molar-refractivity contribution in [2.24, 2.45) is 7.05 Å². The van der Waals surface area contributed by atoms with Gasteiger partial charge in [0.25, 0.3) is 0 Å². The third kappa shape index (κ3) is 2.70. The Hall–Kier alpha value is -1.82. The van der Waals surface area contributed by atoms with E-state index >= 15 is 0 Å². The quantitative estimate of drug-likeness (QED) is 0.938. The second-order valence-electron chi connectivity index (χ2n) is 4.64. The van der Waals surface area contributed by atoms with Crippen LogP contribution in [0, 0.1) is 6.92 Å². The number of benzene rings is 1. The van der Waals surface area contributed by atoms with Gasteiger partial charge in [-0.2, -0.15) is 18.3 Å². The minimum Gasteiger partial charge on any atom is -0.308 e. The van der Waals surface area contributed by atoms with Gasteiger partial charge < -0.3 is 5.32 Å². The first-order valence-electron chi connectivity index (χ1n) is 6.18. The third-order valence-corrected chi connectivity index (χ3v) is 3.20. The van der Waals surface area contributed by atoms with E-state index in [0.717, 1.165) is 11.8 Å². The van der Waals surface area contributed by atoms with E-state index in [-0.39, 0.29) is 5.56 Å². The fourth-order valence-electron chi connectivity index (χ4n) is 2.37. The smallest absolute Gasteiger partial charge is 0.308 e. The molecule has 0 fully saturated rings. The van der Waals surface area contributed by atoms with Crippen LogP contribution in [-0.4, -0.2) is 16.8 Å². The van der Waals surface area contributed by atoms with Crippen LogP contribution in [0.1, 0.15) is 28.6 Å². The predicted molar refractivity (Wildman–Crippen MR) is 70.3 cm³/mol. The average Bonchev–Trinajstić information content (AvgIpc) is 2.69. The van der Waals surface area contributed by atoms with E-state index in [4.69, 9.17) is 0 Å². The van der Waals surface area contributed by atoms with Crippen LogP contribution in [0.15, 0.2) is 30.3 Å². The summed E-state index contributed by atoms with van der Waals surface area (Å²) in [4.78, 5) is 0. The first-order valence-corrected chi connectivity index (χ1v) is 6.18. The summed E-state index contributed by atoms with van der Waals surface area (Å²) < 4.78 is 40.9. The maximum absolute atomic E-state index is 13.1. The molecule has 20 heavy (non-hydrogen) atoms. The average molecular weight is 283 g/mol. The van der Waals surface area contributed by atoms with Crippen LogP contribution >= 0.6 is 0 Å². The summed E-state index contributed by atoms with van der Waals surface area (Å²) in [7, 11) is 3.36. The lowest BCUT2D eigenvalue weighted by molar-refractivity contribution is -0.138. The molecule has 1 N–H and O–H groups in total. The van der Waals surface area contributed by atoms with Crippen molar-refractivity contribution in [1.29, 1.82) is 0 Å². The molecule has 0 radical (unpaired) electrons. The maximum atomic E-state index is 13.1. The summed E-state index contributed by atoms with van der Waals surface area (Å²) in [6.07, 6.45) is -4.38. The Balaban J connectivity index is 2.56. The summed E-state index contributed by atoms with van der Waals surface area (Å²) >= 11 is 0. The standard InChI is InChI=1S/C14H16F3N3/c1-9-8-12(20(3)19-9)13(18-2)10-6-4-5-7-11(10)14(15,16)17/h4-8,13,18H,1-3H3. The van der Waals surface area contributed by atoms with Crippen molar-refractivity contribution in [3.8, 4) is 0 Å². The van der Waals surface area contributed by atoms with Gasteiger partial charge in [-0.25, -0.2) is 0 Å². The monoisotopic (exact) mass is 283 g/mol. The molecule has 0 amide bonds. The zero-order valence-corrected chi connectivity index (χ0v) is 11.5. The number of rotatable bonds is 3. The van der Waals surface area contributed by atoms with E-state index in [0.29, 0.717) is 5.69 Å². The number of nitrogens with one attached hydrogen (secondary N) is 1. The summed E-state index contributed by atoms with van der Waals surface area (Å²) in [5.74, 6) is 0. The van der Waals surface area contributed by atoms with E-state index in [1.165, 1.54) is 12.1 Å². The molecular formula is C14H16F3N3. The molecule has 1 unspecified atom stereocenters. The van der Waals surface area contributed by atoms with Crippen molar-refractivity contribution in [2.45, 2.75) is 19.1 Å². The van der Waals surface area contributed by atoms with Crippen LogP contribution in [0.5, 0.6) is 0 Å². The molecule has 2 aromatic rings. The highest BCUT2D eigenvalue weighted by atomic mass is 19.4. The molecule has 1 heterocycles. The number of nitrogens with zero attached hydrogens (tertiary/aromatic N) is 2. The van der Waals surface area contributed by atoms with Crippen molar-refractivity contribution < 1.29 is 13.2 Å². The lowest BCUT2D eigenvalue weighted by Crippen LogP contribution is -2.24. The molecule has 0 bridgehead atoms. The number of aryl methyl sites for hydroxylation is 2. The molecule has 108 valence electrons. The second kappa shape index (κ2) is 5.28. The number of halogens is 3. The minimum atomic E-state index is -4.38. The number of aromatic nitrogens is 2. The van der Waals surface area contributed by atoms with E-state index < -0.39 is 17.8 Å². The molecule has 0 saturated heterocycles. The number of hydrogen-bond acceptors (Lipinski definition) is 2. The molecule has 0 aliphatic rings. The Morgan fingerprint density at radius 3 is 2.40 bits per heavy atom. The van der Waals surface area contributed by atoms with E-state index in [9.17, 15) is 13.2 Å². The highest BCUT2D eigenvalue weighted by molar-refractivity contribution is 5.37. The van der Waals surface area contributed by atoms with Crippen molar-refractivity contribution in [1.82, 2.24) is 15.1 Å². The van der Waals surface area contributed by atoms with Crippen LogP contribution in [-0.2, 0) is 13.2 Å². The molecule has 0 aliphatic carbocycles. The number of hydrogen-bond donors (Lipinski definition) is 1. The molecular weight excluding hydrogens is 267 g/mol. The Kier molecular flexibility index (Phi) is 3.85. The third-order valence-electron chi connectivity index (χ3n) is 3.20. The van der Waals surface area contributed by atoms with Crippen LogP contribution < -0.4 is 5.32 Å². The minimum absolute atomic E-state index is 0.200. The molecule has 6 heteroatoms. The Labute approximate surface area is 115 Å². The van der Waals surface area contributed by atoms with Gasteiger partial charge in [-0.1, -0.05) is 18.2 Å². The van der Waals surface area contributed by atoms with Crippen molar-refractivity contribution >= 4 is 0 Å². The van der Waals surface area contributed by atoms with Gasteiger partial charge in [-0.15, -0.1) is 0 Å². The zero-order chi connectivity index (χ0) is 14.9. The van der Waals surface area contributed by atoms with E-state index in [2.05, 4.69) is 10.4 Å². The topological polar surface area (TPSA) is 29.9 Å². The summed E-state index contributed by atoms with van der Waals surface area (Å²) in [6, 6.07) is 6.83. The molecule has 1 aromatic carbocycles. The molecule has 0 spiro atoms. The molecule has 0 aliphatic heterocycles. The Bertz CT molecular complexity index is 602. The van der Waals surface area contributed by atoms with Crippen molar-refractivity contribution in [3.05, 3.63) is 52.8 Å². The fourth-order valence-corrected chi connectivity index (χ4v) is 2.37. The highest BCUT2D eigenvalue weighted by Crippen LogP contribution is 2.36.